The number of benzene rings is 2. The summed E-state index contributed by atoms with van der Waals surface area (Å²) < 4.78 is 46.2. The first-order chi connectivity index (χ1) is 15.4. The van der Waals surface area contributed by atoms with Gasteiger partial charge in [-0.2, -0.15) is 0 Å². The van der Waals surface area contributed by atoms with E-state index in [-0.39, 0.29) is 42.0 Å². The van der Waals surface area contributed by atoms with Crippen molar-refractivity contribution >= 4 is 11.5 Å². The Morgan fingerprint density at radius 2 is 1.97 bits per heavy atom. The fourth-order valence-corrected chi connectivity index (χ4v) is 3.86. The van der Waals surface area contributed by atoms with Gasteiger partial charge in [-0.15, -0.1) is 0 Å². The Kier molecular flexibility index (Phi) is 6.28. The first-order valence-electron chi connectivity index (χ1n) is 10.4. The second-order valence-electron chi connectivity index (χ2n) is 8.01. The van der Waals surface area contributed by atoms with Crippen LogP contribution in [0.3, 0.4) is 0 Å². The minimum Gasteiger partial charge on any atom is -0.485 e. The Hall–Kier alpha value is -3.19. The third-order valence-electron chi connectivity index (χ3n) is 5.82. The van der Waals surface area contributed by atoms with Gasteiger partial charge in [-0.1, -0.05) is 43.3 Å². The molecule has 2 aromatic rings. The number of fused-ring (bicyclic) bond motifs is 1. The number of ether oxygens (including phenoxy) is 3. The normalized spacial score (nSPS) is 20.9. The van der Waals surface area contributed by atoms with Gasteiger partial charge in [0.2, 0.25) is 0 Å². The summed E-state index contributed by atoms with van der Waals surface area (Å²) in [7, 11) is 1.59. The maximum absolute atomic E-state index is 15.0. The standard InChI is InChI=1S/C25H24F2O5/c1-14(25(28)29)11-17-7-10-21-24(23(17)27)32-22(13-31-21)16-5-3-15(4-6-16)19-12-18(30-2)8-9-20(19)26/h3-10,14,18,22H,11-13H2,1-2H3,(H,28,29)/t14-,18?,22?/m0/s1. The van der Waals surface area contributed by atoms with Crippen molar-refractivity contribution in [2.24, 2.45) is 5.92 Å². The van der Waals surface area contributed by atoms with E-state index in [9.17, 15) is 9.18 Å². The van der Waals surface area contributed by atoms with Crippen LogP contribution in [0.1, 0.15) is 36.1 Å². The second kappa shape index (κ2) is 9.12. The third kappa shape index (κ3) is 4.39. The highest BCUT2D eigenvalue weighted by Crippen LogP contribution is 2.40. The summed E-state index contributed by atoms with van der Waals surface area (Å²) >= 11 is 0. The number of aliphatic carboxylic acids is 1. The van der Waals surface area contributed by atoms with Crippen molar-refractivity contribution in [2.45, 2.75) is 32.0 Å². The van der Waals surface area contributed by atoms with Gasteiger partial charge in [-0.25, -0.2) is 8.78 Å². The van der Waals surface area contributed by atoms with E-state index in [1.807, 2.05) is 12.1 Å². The van der Waals surface area contributed by atoms with E-state index >= 15 is 4.39 Å². The molecule has 168 valence electrons. The van der Waals surface area contributed by atoms with E-state index in [4.69, 9.17) is 19.3 Å². The molecular weight excluding hydrogens is 418 g/mol. The molecule has 2 unspecified atom stereocenters. The number of hydrogen-bond donors (Lipinski definition) is 1. The number of rotatable bonds is 6. The maximum Gasteiger partial charge on any atom is 0.306 e. The monoisotopic (exact) mass is 442 g/mol. The maximum atomic E-state index is 15.0. The zero-order valence-corrected chi connectivity index (χ0v) is 17.8. The van der Waals surface area contributed by atoms with Crippen molar-refractivity contribution in [2.75, 3.05) is 13.7 Å². The van der Waals surface area contributed by atoms with Gasteiger partial charge in [0.1, 0.15) is 12.4 Å². The number of halogens is 2. The van der Waals surface area contributed by atoms with Crippen LogP contribution >= 0.6 is 0 Å². The number of carboxylic acids is 1. The average Bonchev–Trinajstić information content (AvgIpc) is 2.81. The quantitative estimate of drug-likeness (QED) is 0.661. The molecule has 0 spiro atoms. The Balaban J connectivity index is 1.53. The molecule has 32 heavy (non-hydrogen) atoms. The smallest absolute Gasteiger partial charge is 0.306 e. The molecule has 4 rings (SSSR count). The lowest BCUT2D eigenvalue weighted by molar-refractivity contribution is -0.141. The van der Waals surface area contributed by atoms with E-state index in [0.717, 1.165) is 11.1 Å². The van der Waals surface area contributed by atoms with E-state index in [0.29, 0.717) is 12.0 Å². The summed E-state index contributed by atoms with van der Waals surface area (Å²) in [5, 5.41) is 9.11. The molecule has 0 amide bonds. The Morgan fingerprint density at radius 3 is 2.66 bits per heavy atom. The van der Waals surface area contributed by atoms with Crippen molar-refractivity contribution < 1.29 is 32.9 Å². The van der Waals surface area contributed by atoms with Gasteiger partial charge in [0.05, 0.1) is 12.0 Å². The van der Waals surface area contributed by atoms with E-state index in [1.54, 1.807) is 31.4 Å². The van der Waals surface area contributed by atoms with Gasteiger partial charge in [0, 0.05) is 13.5 Å². The minimum atomic E-state index is -0.992. The fourth-order valence-electron chi connectivity index (χ4n) is 3.86. The molecule has 5 nitrogen and oxygen atoms in total. The molecule has 2 aliphatic rings. The molecule has 1 aliphatic heterocycles. The van der Waals surface area contributed by atoms with Crippen molar-refractivity contribution in [3.63, 3.8) is 0 Å². The molecule has 0 radical (unpaired) electrons. The van der Waals surface area contributed by atoms with E-state index < -0.39 is 23.8 Å². The van der Waals surface area contributed by atoms with Gasteiger partial charge < -0.3 is 19.3 Å². The van der Waals surface area contributed by atoms with Crippen LogP contribution in [-0.2, 0) is 16.0 Å². The van der Waals surface area contributed by atoms with E-state index in [2.05, 4.69) is 0 Å². The Labute approximate surface area is 184 Å². The van der Waals surface area contributed by atoms with Crippen molar-refractivity contribution in [3.8, 4) is 11.5 Å². The number of hydrogen-bond acceptors (Lipinski definition) is 4. The van der Waals surface area contributed by atoms with Crippen LogP contribution in [0.15, 0.2) is 54.4 Å². The lowest BCUT2D eigenvalue weighted by Gasteiger charge is -2.28. The first-order valence-corrected chi connectivity index (χ1v) is 10.4. The molecule has 0 fully saturated rings. The highest BCUT2D eigenvalue weighted by molar-refractivity contribution is 5.71. The van der Waals surface area contributed by atoms with Crippen LogP contribution in [0, 0.1) is 11.7 Å². The molecule has 0 bridgehead atoms. The van der Waals surface area contributed by atoms with Crippen LogP contribution < -0.4 is 9.47 Å². The van der Waals surface area contributed by atoms with Crippen LogP contribution in [0.2, 0.25) is 0 Å². The van der Waals surface area contributed by atoms with Crippen LogP contribution in [0.25, 0.3) is 5.57 Å². The lowest BCUT2D eigenvalue weighted by Crippen LogP contribution is -2.23. The molecular formula is C25H24F2O5. The third-order valence-corrected chi connectivity index (χ3v) is 5.82. The number of carboxylic acid groups (broad SMARTS) is 1. The number of carbonyl (C=O) groups is 1. The zero-order chi connectivity index (χ0) is 22.8. The molecule has 2 aromatic carbocycles. The number of methoxy groups -OCH3 is 1. The van der Waals surface area contributed by atoms with Crippen LogP contribution in [0.4, 0.5) is 8.78 Å². The predicted molar refractivity (Wildman–Crippen MR) is 115 cm³/mol. The van der Waals surface area contributed by atoms with Gasteiger partial charge in [-0.3, -0.25) is 4.79 Å². The zero-order valence-electron chi connectivity index (χ0n) is 17.8. The van der Waals surface area contributed by atoms with Gasteiger partial charge >= 0.3 is 5.97 Å². The summed E-state index contributed by atoms with van der Waals surface area (Å²) in [6, 6.07) is 10.3. The molecule has 3 atom stereocenters. The minimum absolute atomic E-state index is 0.0190. The molecule has 0 aromatic heterocycles. The van der Waals surface area contributed by atoms with Crippen molar-refractivity contribution in [1.29, 1.82) is 0 Å². The lowest BCUT2D eigenvalue weighted by atomic mass is 9.93. The van der Waals surface area contributed by atoms with Crippen LogP contribution in [-0.4, -0.2) is 30.9 Å². The highest BCUT2D eigenvalue weighted by atomic mass is 19.1. The van der Waals surface area contributed by atoms with Crippen molar-refractivity contribution in [3.05, 3.63) is 76.9 Å². The number of allylic oxidation sites excluding steroid dienone is 2. The molecule has 1 heterocycles. The molecule has 1 N–H and O–H groups in total. The summed E-state index contributed by atoms with van der Waals surface area (Å²) in [6.07, 6.45) is 2.89. The molecule has 0 saturated carbocycles. The fraction of sp³-hybridized carbons (Fsp3) is 0.320. The molecule has 7 heteroatoms. The largest absolute Gasteiger partial charge is 0.485 e. The predicted octanol–water partition coefficient (Wildman–Crippen LogP) is 5.26. The Morgan fingerprint density at radius 1 is 1.22 bits per heavy atom. The molecule has 1 aliphatic carbocycles. The van der Waals surface area contributed by atoms with Gasteiger partial charge in [-0.05, 0) is 40.8 Å². The topological polar surface area (TPSA) is 65.0 Å². The summed E-state index contributed by atoms with van der Waals surface area (Å²) in [6.45, 7) is 1.72. The SMILES string of the molecule is COC1C=CC(F)=C(c2ccc(C3COc4ccc(C[C@H](C)C(=O)O)c(F)c4O3)cc2)C1. The summed E-state index contributed by atoms with van der Waals surface area (Å²) in [4.78, 5) is 11.1. The van der Waals surface area contributed by atoms with Gasteiger partial charge in [0.25, 0.3) is 0 Å². The summed E-state index contributed by atoms with van der Waals surface area (Å²) in [5.41, 5.74) is 2.34. The van der Waals surface area contributed by atoms with Crippen molar-refractivity contribution in [1.82, 2.24) is 0 Å². The second-order valence-corrected chi connectivity index (χ2v) is 8.01. The van der Waals surface area contributed by atoms with Crippen LogP contribution in [0.5, 0.6) is 11.5 Å². The van der Waals surface area contributed by atoms with E-state index in [1.165, 1.54) is 19.1 Å². The average molecular weight is 442 g/mol. The summed E-state index contributed by atoms with van der Waals surface area (Å²) in [5.74, 6) is -2.35. The molecule has 0 saturated heterocycles. The highest BCUT2D eigenvalue weighted by Gasteiger charge is 2.28. The van der Waals surface area contributed by atoms with Gasteiger partial charge in [0.15, 0.2) is 23.4 Å². The first kappa shape index (κ1) is 22.0. The Bertz CT molecular complexity index is 1070.